The highest BCUT2D eigenvalue weighted by atomic mass is 16.5. The smallest absolute Gasteiger partial charge is 0.143 e. The van der Waals surface area contributed by atoms with Crippen LogP contribution in [0.2, 0.25) is 0 Å². The van der Waals surface area contributed by atoms with Crippen LogP contribution in [0.5, 0.6) is 5.75 Å². The molecule has 0 spiro atoms. The van der Waals surface area contributed by atoms with Crippen LogP contribution in [0.25, 0.3) is 0 Å². The molecule has 1 aromatic rings. The summed E-state index contributed by atoms with van der Waals surface area (Å²) in [5.41, 5.74) is 7.20. The largest absolute Gasteiger partial charge is 0.484 e. The minimum Gasteiger partial charge on any atom is -0.484 e. The van der Waals surface area contributed by atoms with Gasteiger partial charge >= 0.3 is 0 Å². The molecule has 1 aromatic carbocycles. The molecule has 0 fully saturated rings. The second kappa shape index (κ2) is 3.14. The van der Waals surface area contributed by atoms with E-state index in [-0.39, 0.29) is 12.7 Å². The van der Waals surface area contributed by atoms with Gasteiger partial charge in [-0.05, 0) is 18.2 Å². The summed E-state index contributed by atoms with van der Waals surface area (Å²) in [5.74, 6) is 0.750. The topological polar surface area (TPSA) is 67.5 Å². The Balaban J connectivity index is 2.26. The van der Waals surface area contributed by atoms with Gasteiger partial charge in [0.05, 0.1) is 18.8 Å². The second-order valence-electron chi connectivity index (χ2n) is 3.06. The molecule has 4 heteroatoms. The van der Waals surface area contributed by atoms with Crippen molar-refractivity contribution >= 4 is 11.4 Å². The van der Waals surface area contributed by atoms with E-state index in [0.717, 1.165) is 11.4 Å². The number of rotatable bonds is 1. The summed E-state index contributed by atoms with van der Waals surface area (Å²) in [4.78, 5) is 0. The van der Waals surface area contributed by atoms with Crippen molar-refractivity contribution in [1.29, 1.82) is 0 Å². The van der Waals surface area contributed by atoms with Gasteiger partial charge in [0.2, 0.25) is 0 Å². The van der Waals surface area contributed by atoms with Gasteiger partial charge in [-0.3, -0.25) is 0 Å². The normalized spacial score (nSPS) is 19.9. The molecule has 1 unspecified atom stereocenters. The average Bonchev–Trinajstić information content (AvgIpc) is 2.17. The van der Waals surface area contributed by atoms with Gasteiger partial charge < -0.3 is 20.9 Å². The van der Waals surface area contributed by atoms with Gasteiger partial charge in [-0.15, -0.1) is 0 Å². The predicted molar refractivity (Wildman–Crippen MR) is 50.8 cm³/mol. The number of aliphatic hydroxyl groups is 1. The number of aliphatic hydroxyl groups excluding tert-OH is 1. The second-order valence-corrected chi connectivity index (χ2v) is 3.06. The molecule has 1 atom stereocenters. The van der Waals surface area contributed by atoms with Crippen molar-refractivity contribution in [2.75, 3.05) is 24.2 Å². The van der Waals surface area contributed by atoms with E-state index in [1.807, 2.05) is 6.07 Å². The van der Waals surface area contributed by atoms with Crippen LogP contribution in [-0.4, -0.2) is 24.4 Å². The van der Waals surface area contributed by atoms with Gasteiger partial charge in [0.1, 0.15) is 11.9 Å². The Morgan fingerprint density at radius 3 is 3.23 bits per heavy atom. The zero-order valence-corrected chi connectivity index (χ0v) is 7.16. The maximum Gasteiger partial charge on any atom is 0.143 e. The third kappa shape index (κ3) is 1.53. The van der Waals surface area contributed by atoms with Crippen LogP contribution >= 0.6 is 0 Å². The first-order chi connectivity index (χ1) is 6.29. The number of nitrogens with one attached hydrogen (secondary N) is 1. The highest BCUT2D eigenvalue weighted by Gasteiger charge is 2.17. The van der Waals surface area contributed by atoms with Gasteiger partial charge in [0, 0.05) is 5.69 Å². The maximum absolute atomic E-state index is 8.88. The highest BCUT2D eigenvalue weighted by Crippen LogP contribution is 2.30. The lowest BCUT2D eigenvalue weighted by atomic mass is 10.2. The van der Waals surface area contributed by atoms with E-state index in [2.05, 4.69) is 5.32 Å². The van der Waals surface area contributed by atoms with E-state index in [9.17, 15) is 0 Å². The molecule has 0 amide bonds. The van der Waals surface area contributed by atoms with Crippen molar-refractivity contribution in [2.24, 2.45) is 0 Å². The number of anilines is 2. The molecule has 0 radical (unpaired) electrons. The zero-order valence-electron chi connectivity index (χ0n) is 7.16. The lowest BCUT2D eigenvalue weighted by molar-refractivity contribution is 0.120. The van der Waals surface area contributed by atoms with Gasteiger partial charge in [0.15, 0.2) is 0 Å². The van der Waals surface area contributed by atoms with Crippen molar-refractivity contribution < 1.29 is 9.84 Å². The lowest BCUT2D eigenvalue weighted by Crippen LogP contribution is -2.33. The summed E-state index contributed by atoms with van der Waals surface area (Å²) in [6.07, 6.45) is -0.156. The molecule has 0 bridgehead atoms. The molecule has 2 rings (SSSR count). The Morgan fingerprint density at radius 1 is 1.62 bits per heavy atom. The Hall–Kier alpha value is -1.42. The summed E-state index contributed by atoms with van der Waals surface area (Å²) in [6.45, 7) is 0.643. The van der Waals surface area contributed by atoms with Crippen LogP contribution in [-0.2, 0) is 0 Å². The fraction of sp³-hybridized carbons (Fsp3) is 0.333. The van der Waals surface area contributed by atoms with Crippen LogP contribution in [0.15, 0.2) is 18.2 Å². The van der Waals surface area contributed by atoms with Crippen molar-refractivity contribution in [2.45, 2.75) is 6.10 Å². The fourth-order valence-corrected chi connectivity index (χ4v) is 1.34. The Bertz CT molecular complexity index is 314. The number of nitrogen functional groups attached to an aromatic ring is 1. The molecule has 0 saturated heterocycles. The number of fused-ring (bicyclic) bond motifs is 1. The number of benzene rings is 1. The summed E-state index contributed by atoms with van der Waals surface area (Å²) in [7, 11) is 0. The average molecular weight is 180 g/mol. The van der Waals surface area contributed by atoms with Gasteiger partial charge in [-0.25, -0.2) is 0 Å². The third-order valence-corrected chi connectivity index (χ3v) is 2.02. The highest BCUT2D eigenvalue weighted by molar-refractivity contribution is 5.64. The summed E-state index contributed by atoms with van der Waals surface area (Å²) in [5, 5.41) is 12.0. The summed E-state index contributed by atoms with van der Waals surface area (Å²) in [6, 6.07) is 5.41. The maximum atomic E-state index is 8.88. The predicted octanol–water partition coefficient (Wildman–Crippen LogP) is 0.434. The van der Waals surface area contributed by atoms with Crippen LogP contribution < -0.4 is 15.8 Å². The standard InChI is InChI=1S/C9H12N2O2/c10-6-1-2-9-8(3-6)11-4-7(5-12)13-9/h1-3,7,11-12H,4-5,10H2. The molecule has 70 valence electrons. The SMILES string of the molecule is Nc1ccc2c(c1)NCC(CO)O2. The number of nitrogens with two attached hydrogens (primary N) is 1. The van der Waals surface area contributed by atoms with Crippen LogP contribution in [0.1, 0.15) is 0 Å². The molecule has 0 aliphatic carbocycles. The van der Waals surface area contributed by atoms with E-state index in [1.165, 1.54) is 0 Å². The van der Waals surface area contributed by atoms with Crippen LogP contribution in [0, 0.1) is 0 Å². The molecule has 0 saturated carbocycles. The lowest BCUT2D eigenvalue weighted by Gasteiger charge is -2.26. The number of ether oxygens (including phenoxy) is 1. The fourth-order valence-electron chi connectivity index (χ4n) is 1.34. The zero-order chi connectivity index (χ0) is 9.26. The van der Waals surface area contributed by atoms with E-state index in [0.29, 0.717) is 12.2 Å². The molecule has 4 N–H and O–H groups in total. The van der Waals surface area contributed by atoms with E-state index in [4.69, 9.17) is 15.6 Å². The number of hydrogen-bond acceptors (Lipinski definition) is 4. The first kappa shape index (κ1) is 8.19. The molecule has 1 heterocycles. The first-order valence-corrected chi connectivity index (χ1v) is 4.20. The molecule has 0 aromatic heterocycles. The molecular weight excluding hydrogens is 168 g/mol. The van der Waals surface area contributed by atoms with Crippen LogP contribution in [0.4, 0.5) is 11.4 Å². The molecule has 13 heavy (non-hydrogen) atoms. The molecular formula is C9H12N2O2. The first-order valence-electron chi connectivity index (χ1n) is 4.20. The number of hydrogen-bond donors (Lipinski definition) is 3. The van der Waals surface area contributed by atoms with Crippen molar-refractivity contribution in [3.63, 3.8) is 0 Å². The molecule has 1 aliphatic heterocycles. The summed E-state index contributed by atoms with van der Waals surface area (Å²) < 4.78 is 5.47. The minimum absolute atomic E-state index is 0.0246. The van der Waals surface area contributed by atoms with Crippen molar-refractivity contribution in [1.82, 2.24) is 0 Å². The Labute approximate surface area is 76.3 Å². The van der Waals surface area contributed by atoms with Gasteiger partial charge in [0.25, 0.3) is 0 Å². The van der Waals surface area contributed by atoms with E-state index < -0.39 is 0 Å². The Morgan fingerprint density at radius 2 is 2.46 bits per heavy atom. The Kier molecular flexibility index (Phi) is 1.98. The van der Waals surface area contributed by atoms with Crippen LogP contribution in [0.3, 0.4) is 0 Å². The molecule has 4 nitrogen and oxygen atoms in total. The summed E-state index contributed by atoms with van der Waals surface area (Å²) >= 11 is 0. The quantitative estimate of drug-likeness (QED) is 0.548. The molecule has 1 aliphatic rings. The van der Waals surface area contributed by atoms with E-state index in [1.54, 1.807) is 12.1 Å². The third-order valence-electron chi connectivity index (χ3n) is 2.02. The monoisotopic (exact) mass is 180 g/mol. The van der Waals surface area contributed by atoms with Gasteiger partial charge in [-0.2, -0.15) is 0 Å². The van der Waals surface area contributed by atoms with Gasteiger partial charge in [-0.1, -0.05) is 0 Å². The minimum atomic E-state index is -0.156. The van der Waals surface area contributed by atoms with Crippen molar-refractivity contribution in [3.05, 3.63) is 18.2 Å². The van der Waals surface area contributed by atoms with E-state index >= 15 is 0 Å². The van der Waals surface area contributed by atoms with Crippen molar-refractivity contribution in [3.8, 4) is 5.75 Å².